The number of thiophene rings is 1. The van der Waals surface area contributed by atoms with Gasteiger partial charge >= 0.3 is 0 Å². The summed E-state index contributed by atoms with van der Waals surface area (Å²) in [6.07, 6.45) is 4.04. The van der Waals surface area contributed by atoms with E-state index in [9.17, 15) is 14.7 Å². The Morgan fingerprint density at radius 1 is 1.19 bits per heavy atom. The minimum absolute atomic E-state index is 0.0107. The van der Waals surface area contributed by atoms with E-state index < -0.39 is 0 Å². The van der Waals surface area contributed by atoms with Crippen LogP contribution in [0.25, 0.3) is 15.9 Å². The zero-order valence-corrected chi connectivity index (χ0v) is 22.1. The van der Waals surface area contributed by atoms with Gasteiger partial charge < -0.3 is 9.84 Å². The van der Waals surface area contributed by atoms with Gasteiger partial charge in [-0.1, -0.05) is 23.9 Å². The highest BCUT2D eigenvalue weighted by Crippen LogP contribution is 2.35. The third-order valence-corrected chi connectivity index (χ3v) is 8.39. The van der Waals surface area contributed by atoms with Crippen LogP contribution in [0.2, 0.25) is 0 Å². The van der Waals surface area contributed by atoms with Gasteiger partial charge in [0.15, 0.2) is 5.16 Å². The quantitative estimate of drug-likeness (QED) is 0.154. The second kappa shape index (κ2) is 10.8. The maximum absolute atomic E-state index is 13.8. The number of hydrogen-bond donors (Lipinski definition) is 2. The van der Waals surface area contributed by atoms with E-state index in [1.165, 1.54) is 16.6 Å². The number of aromatic hydroxyl groups is 1. The van der Waals surface area contributed by atoms with E-state index in [-0.39, 0.29) is 23.0 Å². The summed E-state index contributed by atoms with van der Waals surface area (Å²) in [5, 5.41) is 15.2. The number of phenolic OH excluding ortho intramolecular Hbond substituents is 1. The Morgan fingerprint density at radius 2 is 1.95 bits per heavy atom. The van der Waals surface area contributed by atoms with Gasteiger partial charge in [-0.2, -0.15) is 5.10 Å². The molecule has 2 aromatic heterocycles. The Bertz CT molecular complexity index is 1560. The number of para-hydroxylation sites is 1. The van der Waals surface area contributed by atoms with Crippen molar-refractivity contribution in [3.63, 3.8) is 0 Å². The van der Waals surface area contributed by atoms with Crippen molar-refractivity contribution in [1.29, 1.82) is 0 Å². The molecule has 0 saturated heterocycles. The number of carbonyl (C=O) groups excluding carboxylic acids is 1. The Balaban J connectivity index is 1.45. The minimum atomic E-state index is -0.346. The van der Waals surface area contributed by atoms with Crippen LogP contribution in [0.3, 0.4) is 0 Å². The lowest BCUT2D eigenvalue weighted by Crippen LogP contribution is -2.24. The van der Waals surface area contributed by atoms with E-state index in [1.54, 1.807) is 66.3 Å². The Morgan fingerprint density at radius 3 is 2.70 bits per heavy atom. The molecule has 0 aliphatic heterocycles. The topological polar surface area (TPSA) is 106 Å². The van der Waals surface area contributed by atoms with Crippen LogP contribution in [0.5, 0.6) is 11.5 Å². The summed E-state index contributed by atoms with van der Waals surface area (Å²) in [5.74, 6) is 0.439. The first-order valence-electron chi connectivity index (χ1n) is 11.9. The monoisotopic (exact) mass is 534 g/mol. The Labute approximate surface area is 222 Å². The summed E-state index contributed by atoms with van der Waals surface area (Å²) in [6, 6.07) is 14.0. The van der Waals surface area contributed by atoms with Crippen molar-refractivity contribution in [3.05, 3.63) is 74.9 Å². The molecule has 10 heteroatoms. The van der Waals surface area contributed by atoms with Crippen LogP contribution in [-0.4, -0.2) is 39.1 Å². The van der Waals surface area contributed by atoms with Gasteiger partial charge in [-0.3, -0.25) is 14.2 Å². The van der Waals surface area contributed by atoms with Crippen molar-refractivity contribution >= 4 is 44.9 Å². The molecule has 2 N–H and O–H groups in total. The van der Waals surface area contributed by atoms with Crippen LogP contribution < -0.4 is 15.7 Å². The first kappa shape index (κ1) is 25.0. The molecule has 0 bridgehead atoms. The lowest BCUT2D eigenvalue weighted by Gasteiger charge is -2.14. The number of aromatic nitrogens is 2. The van der Waals surface area contributed by atoms with Crippen LogP contribution >= 0.6 is 23.1 Å². The summed E-state index contributed by atoms with van der Waals surface area (Å²) >= 11 is 2.76. The van der Waals surface area contributed by atoms with E-state index in [0.717, 1.165) is 36.1 Å². The number of methoxy groups -OCH3 is 1. The highest BCUT2D eigenvalue weighted by atomic mass is 32.2. The zero-order chi connectivity index (χ0) is 25.9. The highest BCUT2D eigenvalue weighted by molar-refractivity contribution is 7.99. The van der Waals surface area contributed by atoms with Crippen LogP contribution in [0, 0.1) is 0 Å². The number of phenols is 1. The standard InChI is InChI=1S/C27H26N4O4S2/c1-16(19-7-3-5-9-21(19)32)29-30-23(33)15-36-27-28-25-24(20-8-4-6-10-22(20)37-25)26(34)31(27)17-11-13-18(35-2)14-12-17/h3,5,7,9,11-14,32H,4,6,8,10,15H2,1-2H3,(H,30,33). The van der Waals surface area contributed by atoms with E-state index in [2.05, 4.69) is 10.5 Å². The van der Waals surface area contributed by atoms with Crippen molar-refractivity contribution in [2.45, 2.75) is 37.8 Å². The molecular formula is C27H26N4O4S2. The number of nitrogens with one attached hydrogen (secondary N) is 1. The molecule has 0 atom stereocenters. The molecule has 190 valence electrons. The Hall–Kier alpha value is -3.63. The SMILES string of the molecule is COc1ccc(-n2c(SCC(=O)NN=C(C)c3ccccc3O)nc3sc4c(c3c2=O)CCCC4)cc1. The molecule has 5 rings (SSSR count). The van der Waals surface area contributed by atoms with Gasteiger partial charge in [0.1, 0.15) is 16.3 Å². The van der Waals surface area contributed by atoms with Gasteiger partial charge in [-0.05, 0) is 74.6 Å². The molecule has 0 fully saturated rings. The number of carbonyl (C=O) groups is 1. The van der Waals surface area contributed by atoms with Crippen LogP contribution in [0.4, 0.5) is 0 Å². The molecule has 1 amide bonds. The number of thioether (sulfide) groups is 1. The third-order valence-electron chi connectivity index (χ3n) is 6.26. The van der Waals surface area contributed by atoms with Crippen molar-refractivity contribution in [2.75, 3.05) is 12.9 Å². The molecule has 2 heterocycles. The van der Waals surface area contributed by atoms with Crippen molar-refractivity contribution in [1.82, 2.24) is 15.0 Å². The molecule has 0 unspecified atom stereocenters. The number of ether oxygens (including phenoxy) is 1. The van der Waals surface area contributed by atoms with Crippen molar-refractivity contribution in [3.8, 4) is 17.2 Å². The summed E-state index contributed by atoms with van der Waals surface area (Å²) in [6.45, 7) is 1.71. The second-order valence-electron chi connectivity index (χ2n) is 8.66. The molecule has 37 heavy (non-hydrogen) atoms. The number of rotatable bonds is 7. The fourth-order valence-corrected chi connectivity index (χ4v) is 6.50. The van der Waals surface area contributed by atoms with Gasteiger partial charge in [0, 0.05) is 10.4 Å². The summed E-state index contributed by atoms with van der Waals surface area (Å²) in [7, 11) is 1.59. The number of nitrogens with zero attached hydrogens (tertiary/aromatic N) is 3. The summed E-state index contributed by atoms with van der Waals surface area (Å²) in [4.78, 5) is 33.3. The molecule has 1 aliphatic rings. The largest absolute Gasteiger partial charge is 0.507 e. The van der Waals surface area contributed by atoms with Crippen molar-refractivity contribution in [2.24, 2.45) is 5.10 Å². The zero-order valence-electron chi connectivity index (χ0n) is 20.5. The van der Waals surface area contributed by atoms with Crippen molar-refractivity contribution < 1.29 is 14.6 Å². The van der Waals surface area contributed by atoms with Crippen LogP contribution in [0.1, 0.15) is 35.8 Å². The van der Waals surface area contributed by atoms with Gasteiger partial charge in [-0.25, -0.2) is 10.4 Å². The van der Waals surface area contributed by atoms with Gasteiger partial charge in [0.05, 0.1) is 29.6 Å². The lowest BCUT2D eigenvalue weighted by atomic mass is 9.97. The molecule has 8 nitrogen and oxygen atoms in total. The first-order chi connectivity index (χ1) is 18.0. The third kappa shape index (κ3) is 5.12. The molecule has 2 aromatic carbocycles. The number of hydrogen-bond acceptors (Lipinski definition) is 8. The molecule has 0 spiro atoms. The summed E-state index contributed by atoms with van der Waals surface area (Å²) in [5.41, 5.74) is 5.21. The first-order valence-corrected chi connectivity index (χ1v) is 13.7. The fraction of sp³-hybridized carbons (Fsp3) is 0.259. The molecular weight excluding hydrogens is 508 g/mol. The molecule has 0 saturated carbocycles. The van der Waals surface area contributed by atoms with Crippen LogP contribution in [-0.2, 0) is 17.6 Å². The maximum atomic E-state index is 13.8. The van der Waals surface area contributed by atoms with Gasteiger partial charge in [-0.15, -0.1) is 11.3 Å². The van der Waals surface area contributed by atoms with E-state index in [0.29, 0.717) is 33.3 Å². The average molecular weight is 535 g/mol. The minimum Gasteiger partial charge on any atom is -0.507 e. The lowest BCUT2D eigenvalue weighted by molar-refractivity contribution is -0.118. The van der Waals surface area contributed by atoms with Crippen LogP contribution in [0.15, 0.2) is 63.6 Å². The average Bonchev–Trinajstić information content (AvgIpc) is 3.29. The maximum Gasteiger partial charge on any atom is 0.267 e. The second-order valence-corrected chi connectivity index (χ2v) is 10.7. The Kier molecular flexibility index (Phi) is 7.29. The van der Waals surface area contributed by atoms with E-state index in [1.807, 2.05) is 12.1 Å². The number of aryl methyl sites for hydroxylation is 2. The predicted octanol–water partition coefficient (Wildman–Crippen LogP) is 4.67. The molecule has 0 radical (unpaired) electrons. The summed E-state index contributed by atoms with van der Waals surface area (Å²) < 4.78 is 6.86. The fourth-order valence-electron chi connectivity index (χ4n) is 4.39. The molecule has 1 aliphatic carbocycles. The highest BCUT2D eigenvalue weighted by Gasteiger charge is 2.23. The number of amides is 1. The van der Waals surface area contributed by atoms with E-state index >= 15 is 0 Å². The number of fused-ring (bicyclic) bond motifs is 3. The van der Waals surface area contributed by atoms with Gasteiger partial charge in [0.25, 0.3) is 11.5 Å². The molecule has 4 aromatic rings. The smallest absolute Gasteiger partial charge is 0.267 e. The van der Waals surface area contributed by atoms with E-state index in [4.69, 9.17) is 9.72 Å². The van der Waals surface area contributed by atoms with Gasteiger partial charge in [0.2, 0.25) is 0 Å². The number of benzene rings is 2. The number of hydrazone groups is 1. The normalized spacial score (nSPS) is 13.4. The predicted molar refractivity (Wildman–Crippen MR) is 148 cm³/mol.